The summed E-state index contributed by atoms with van der Waals surface area (Å²) in [6.45, 7) is 10.1. The summed E-state index contributed by atoms with van der Waals surface area (Å²) in [5.74, 6) is 0. The standard InChI is InChI=1S/C20H36O7P2/c1-17(2)9-6-10-18(3)11-7-12-19(4)13-8-14-20(5)15-16-26-29(24,25)27-28(21,22)23/h9,11,13,15H,6-8,10,12,14,16H2,1-5H3,(H,24,25)(H2,21,22,23)/b18-11-,19-13-,20-15+/i14+1,15+1,16+1,20+1. The summed E-state index contributed by atoms with van der Waals surface area (Å²) in [6.07, 6.45) is 14.1. The molecule has 1 atom stereocenters. The van der Waals surface area contributed by atoms with Gasteiger partial charge < -0.3 is 14.7 Å². The average molecular weight is 454 g/mol. The Morgan fingerprint density at radius 2 is 1.14 bits per heavy atom. The van der Waals surface area contributed by atoms with E-state index in [0.29, 0.717) is 0 Å². The van der Waals surface area contributed by atoms with Crippen LogP contribution in [0.1, 0.15) is 73.1 Å². The summed E-state index contributed by atoms with van der Waals surface area (Å²) in [4.78, 5) is 26.2. The number of phosphoric acid groups is 2. The molecule has 0 fully saturated rings. The number of allylic oxidation sites excluding steroid dienone is 7. The molecule has 0 aliphatic carbocycles. The van der Waals surface area contributed by atoms with Crippen molar-refractivity contribution in [1.29, 1.82) is 0 Å². The molecule has 9 heteroatoms. The predicted molar refractivity (Wildman–Crippen MR) is 117 cm³/mol. The van der Waals surface area contributed by atoms with Crippen LogP contribution in [0, 0.1) is 0 Å². The summed E-state index contributed by atoms with van der Waals surface area (Å²) in [6, 6.07) is 0. The van der Waals surface area contributed by atoms with Crippen LogP contribution < -0.4 is 0 Å². The first kappa shape index (κ1) is 28.2. The van der Waals surface area contributed by atoms with Crippen molar-refractivity contribution in [2.45, 2.75) is 73.1 Å². The van der Waals surface area contributed by atoms with Gasteiger partial charge in [-0.15, -0.1) is 0 Å². The van der Waals surface area contributed by atoms with Gasteiger partial charge in [-0.3, -0.25) is 4.52 Å². The molecule has 7 nitrogen and oxygen atoms in total. The molecule has 1 unspecified atom stereocenters. The maximum Gasteiger partial charge on any atom is 0.481 e. The molecule has 0 spiro atoms. The van der Waals surface area contributed by atoms with E-state index in [2.05, 4.69) is 54.8 Å². The van der Waals surface area contributed by atoms with Gasteiger partial charge in [0.05, 0.1) is 6.61 Å². The SMILES string of the molecule is CC(C)=CCC/C(C)=C\CC/C(C)=C\C[13CH2]/[13C](C)=[13CH]/[13CH2]OP(=O)(O)OP(=O)(O)O. The molecule has 3 N–H and O–H groups in total. The first-order valence-corrected chi connectivity index (χ1v) is 12.7. The van der Waals surface area contributed by atoms with Gasteiger partial charge in [-0.2, -0.15) is 4.31 Å². The van der Waals surface area contributed by atoms with E-state index in [1.165, 1.54) is 16.7 Å². The highest BCUT2D eigenvalue weighted by Crippen LogP contribution is 2.57. The van der Waals surface area contributed by atoms with Gasteiger partial charge in [-0.25, -0.2) is 9.13 Å². The molecular weight excluding hydrogens is 418 g/mol. The molecule has 0 bridgehead atoms. The van der Waals surface area contributed by atoms with Gasteiger partial charge in [0.25, 0.3) is 0 Å². The van der Waals surface area contributed by atoms with Crippen molar-refractivity contribution in [3.8, 4) is 0 Å². The Morgan fingerprint density at radius 1 is 0.724 bits per heavy atom. The van der Waals surface area contributed by atoms with Crippen LogP contribution >= 0.6 is 15.6 Å². The van der Waals surface area contributed by atoms with Crippen molar-refractivity contribution < 1.29 is 32.6 Å². The van der Waals surface area contributed by atoms with E-state index in [1.54, 1.807) is 6.08 Å². The minimum absolute atomic E-state index is 0.265. The molecule has 0 heterocycles. The van der Waals surface area contributed by atoms with Crippen molar-refractivity contribution >= 4 is 15.6 Å². The molecule has 29 heavy (non-hydrogen) atoms. The first-order chi connectivity index (χ1) is 13.3. The summed E-state index contributed by atoms with van der Waals surface area (Å²) in [7, 11) is -9.85. The molecule has 0 saturated carbocycles. The van der Waals surface area contributed by atoms with Gasteiger partial charge in [0, 0.05) is 0 Å². The lowest BCUT2D eigenvalue weighted by Crippen LogP contribution is -1.94. The Morgan fingerprint density at radius 3 is 1.55 bits per heavy atom. The van der Waals surface area contributed by atoms with E-state index in [1.807, 2.05) is 6.92 Å². The quantitative estimate of drug-likeness (QED) is 0.159. The van der Waals surface area contributed by atoms with E-state index in [-0.39, 0.29) is 6.61 Å². The molecule has 168 valence electrons. The van der Waals surface area contributed by atoms with E-state index >= 15 is 0 Å². The molecule has 0 aromatic rings. The Labute approximate surface area is 175 Å². The lowest BCUT2D eigenvalue weighted by atomic mass is 10.1. The van der Waals surface area contributed by atoms with Crippen LogP contribution in [0.15, 0.2) is 46.6 Å². The Hall–Kier alpha value is -0.780. The van der Waals surface area contributed by atoms with Crippen LogP contribution in [-0.2, 0) is 18.0 Å². The lowest BCUT2D eigenvalue weighted by Gasteiger charge is -2.11. The zero-order chi connectivity index (χ0) is 22.5. The molecule has 0 amide bonds. The fourth-order valence-electron chi connectivity index (χ4n) is 2.42. The Kier molecular flexibility index (Phi) is 13.9. The summed E-state index contributed by atoms with van der Waals surface area (Å²) in [5, 5.41) is 0. The molecule has 0 aliphatic rings. The fourth-order valence-corrected chi connectivity index (χ4v) is 3.95. The van der Waals surface area contributed by atoms with Gasteiger partial charge in [-0.05, 0) is 73.1 Å². The van der Waals surface area contributed by atoms with Crippen LogP contribution in [0.2, 0.25) is 0 Å². The zero-order valence-electron chi connectivity index (χ0n) is 18.1. The Bertz CT molecular complexity index is 710. The van der Waals surface area contributed by atoms with Crippen LogP contribution in [-0.4, -0.2) is 21.3 Å². The van der Waals surface area contributed by atoms with E-state index in [4.69, 9.17) is 9.79 Å². The molecule has 0 saturated heterocycles. The third-order valence-electron chi connectivity index (χ3n) is 4.03. The van der Waals surface area contributed by atoms with Crippen LogP contribution in [0.4, 0.5) is 0 Å². The predicted octanol–water partition coefficient (Wildman–Crippen LogP) is 6.36. The van der Waals surface area contributed by atoms with Crippen molar-refractivity contribution in [3.63, 3.8) is 0 Å². The van der Waals surface area contributed by atoms with Crippen molar-refractivity contribution in [1.82, 2.24) is 0 Å². The largest absolute Gasteiger partial charge is 0.481 e. The molecule has 0 rings (SSSR count). The topological polar surface area (TPSA) is 113 Å². The third-order valence-corrected chi connectivity index (χ3v) is 6.18. The zero-order valence-corrected chi connectivity index (χ0v) is 19.9. The minimum atomic E-state index is -5.08. The number of phosphoric ester groups is 1. The van der Waals surface area contributed by atoms with Crippen molar-refractivity contribution in [2.24, 2.45) is 0 Å². The van der Waals surface area contributed by atoms with E-state index in [9.17, 15) is 14.0 Å². The lowest BCUT2D eigenvalue weighted by molar-refractivity contribution is 0.191. The van der Waals surface area contributed by atoms with Gasteiger partial charge in [0.15, 0.2) is 0 Å². The number of hydrogen-bond donors (Lipinski definition) is 3. The summed E-state index contributed by atoms with van der Waals surface area (Å²) >= 11 is 0. The van der Waals surface area contributed by atoms with E-state index < -0.39 is 15.6 Å². The van der Waals surface area contributed by atoms with Crippen molar-refractivity contribution in [3.05, 3.63) is 46.6 Å². The second kappa shape index (κ2) is 14.3. The molecule has 0 radical (unpaired) electrons. The molecular formula is C20H36O7P2. The second-order valence-corrected chi connectivity index (χ2v) is 10.2. The number of rotatable bonds is 14. The van der Waals surface area contributed by atoms with Gasteiger partial charge in [0.2, 0.25) is 0 Å². The highest BCUT2D eigenvalue weighted by atomic mass is 31.3. The maximum atomic E-state index is 11.3. The summed E-state index contributed by atoms with van der Waals surface area (Å²) < 4.78 is 30.1. The number of hydrogen-bond acceptors (Lipinski definition) is 4. The first-order valence-electron chi connectivity index (χ1n) is 9.65. The highest BCUT2D eigenvalue weighted by Gasteiger charge is 2.31. The van der Waals surface area contributed by atoms with E-state index in [0.717, 1.165) is 44.1 Å². The minimum Gasteiger partial charge on any atom is -0.302 e. The Balaban J connectivity index is 4.20. The van der Waals surface area contributed by atoms with Crippen molar-refractivity contribution in [2.75, 3.05) is 6.61 Å². The maximum absolute atomic E-state index is 11.3. The van der Waals surface area contributed by atoms with Crippen LogP contribution in [0.5, 0.6) is 0 Å². The molecule has 0 aromatic heterocycles. The molecule has 0 aromatic carbocycles. The van der Waals surface area contributed by atoms with Crippen LogP contribution in [0.25, 0.3) is 0 Å². The van der Waals surface area contributed by atoms with Gasteiger partial charge >= 0.3 is 15.6 Å². The highest BCUT2D eigenvalue weighted by molar-refractivity contribution is 7.60. The van der Waals surface area contributed by atoms with Gasteiger partial charge in [0.1, 0.15) is 0 Å². The molecule has 0 aliphatic heterocycles. The third kappa shape index (κ3) is 19.0. The average Bonchev–Trinajstić information content (AvgIpc) is 2.51. The van der Waals surface area contributed by atoms with Crippen LogP contribution in [0.3, 0.4) is 0 Å². The summed E-state index contributed by atoms with van der Waals surface area (Å²) in [5.41, 5.74) is 5.03. The second-order valence-electron chi connectivity index (χ2n) is 7.39. The van der Waals surface area contributed by atoms with Gasteiger partial charge in [-0.1, -0.05) is 46.6 Å². The normalized spacial score (nSPS) is 15.9. The smallest absolute Gasteiger partial charge is 0.302 e. The fraction of sp³-hybridized carbons (Fsp3) is 0.600. The monoisotopic (exact) mass is 454 g/mol.